The van der Waals surface area contributed by atoms with Crippen molar-refractivity contribution >= 4 is 17.2 Å². The summed E-state index contributed by atoms with van der Waals surface area (Å²) in [5.41, 5.74) is 6.04. The van der Waals surface area contributed by atoms with Gasteiger partial charge in [0.2, 0.25) is 0 Å². The van der Waals surface area contributed by atoms with Crippen molar-refractivity contribution in [3.8, 4) is 11.5 Å². The molecule has 0 bridgehead atoms. The van der Waals surface area contributed by atoms with Gasteiger partial charge < -0.3 is 15.2 Å². The number of halogens is 3. The first-order chi connectivity index (χ1) is 8.83. The van der Waals surface area contributed by atoms with Crippen molar-refractivity contribution < 1.29 is 22.6 Å². The average molecular weight is 293 g/mol. The maximum atomic E-state index is 12.0. The van der Waals surface area contributed by atoms with Gasteiger partial charge in [-0.1, -0.05) is 12.2 Å². The molecule has 3 nitrogen and oxygen atoms in total. The molecule has 0 unspecified atom stereocenters. The third-order valence-corrected chi connectivity index (χ3v) is 2.41. The van der Waals surface area contributed by atoms with E-state index >= 15 is 0 Å². The second-order valence-corrected chi connectivity index (χ2v) is 4.11. The van der Waals surface area contributed by atoms with Crippen LogP contribution in [0.15, 0.2) is 18.2 Å². The standard InChI is InChI=1S/C12H14F3NO2S/c1-2-17-10-7-8(11(16)19)3-4-9(10)18-6-5-12(13,14)15/h3-4,7H,2,5-6H2,1H3,(H2,16,19). The van der Waals surface area contributed by atoms with Crippen LogP contribution < -0.4 is 15.2 Å². The maximum absolute atomic E-state index is 12.0. The van der Waals surface area contributed by atoms with Gasteiger partial charge >= 0.3 is 6.18 Å². The zero-order chi connectivity index (χ0) is 14.5. The average Bonchev–Trinajstić information content (AvgIpc) is 2.29. The zero-order valence-electron chi connectivity index (χ0n) is 10.3. The van der Waals surface area contributed by atoms with E-state index in [1.165, 1.54) is 6.07 Å². The third-order valence-electron chi connectivity index (χ3n) is 2.17. The molecule has 0 fully saturated rings. The summed E-state index contributed by atoms with van der Waals surface area (Å²) in [6.07, 6.45) is -5.26. The fraction of sp³-hybridized carbons (Fsp3) is 0.417. The van der Waals surface area contributed by atoms with E-state index < -0.39 is 19.2 Å². The smallest absolute Gasteiger partial charge is 0.392 e. The van der Waals surface area contributed by atoms with Gasteiger partial charge in [-0.3, -0.25) is 0 Å². The molecule has 106 valence electrons. The van der Waals surface area contributed by atoms with Gasteiger partial charge in [0.15, 0.2) is 11.5 Å². The molecule has 0 saturated heterocycles. The van der Waals surface area contributed by atoms with Crippen LogP contribution in [0.1, 0.15) is 18.9 Å². The lowest BCUT2D eigenvalue weighted by Gasteiger charge is -2.13. The molecule has 0 aromatic heterocycles. The summed E-state index contributed by atoms with van der Waals surface area (Å²) in [7, 11) is 0. The highest BCUT2D eigenvalue weighted by Crippen LogP contribution is 2.29. The van der Waals surface area contributed by atoms with Gasteiger partial charge in [0.25, 0.3) is 0 Å². The number of benzene rings is 1. The van der Waals surface area contributed by atoms with Crippen LogP contribution in [0.4, 0.5) is 13.2 Å². The number of nitrogens with two attached hydrogens (primary N) is 1. The first kappa shape index (κ1) is 15.6. The molecule has 19 heavy (non-hydrogen) atoms. The number of hydrogen-bond acceptors (Lipinski definition) is 3. The first-order valence-corrected chi connectivity index (χ1v) is 6.00. The molecule has 1 aromatic carbocycles. The lowest BCUT2D eigenvalue weighted by molar-refractivity contribution is -0.139. The highest BCUT2D eigenvalue weighted by molar-refractivity contribution is 7.80. The number of thiocarbonyl (C=S) groups is 1. The normalized spacial score (nSPS) is 11.2. The quantitative estimate of drug-likeness (QED) is 0.819. The van der Waals surface area contributed by atoms with Crippen molar-refractivity contribution in [2.24, 2.45) is 5.73 Å². The summed E-state index contributed by atoms with van der Waals surface area (Å²) in [4.78, 5) is 0.183. The molecule has 1 rings (SSSR count). The zero-order valence-corrected chi connectivity index (χ0v) is 11.1. The Balaban J connectivity index is 2.79. The van der Waals surface area contributed by atoms with Gasteiger partial charge in [0.1, 0.15) is 4.99 Å². The molecule has 0 aliphatic rings. The maximum Gasteiger partial charge on any atom is 0.392 e. The molecular formula is C12H14F3NO2S. The predicted molar refractivity (Wildman–Crippen MR) is 69.7 cm³/mol. The summed E-state index contributed by atoms with van der Waals surface area (Å²) in [5.74, 6) is 0.570. The largest absolute Gasteiger partial charge is 0.490 e. The molecule has 0 atom stereocenters. The minimum Gasteiger partial charge on any atom is -0.490 e. The second-order valence-electron chi connectivity index (χ2n) is 3.67. The summed E-state index contributed by atoms with van der Waals surface area (Å²) in [6.45, 7) is 1.65. The van der Waals surface area contributed by atoms with Crippen molar-refractivity contribution in [2.75, 3.05) is 13.2 Å². The van der Waals surface area contributed by atoms with E-state index in [4.69, 9.17) is 27.4 Å². The van der Waals surface area contributed by atoms with Crippen LogP contribution in [-0.2, 0) is 0 Å². The Morgan fingerprint density at radius 2 is 1.95 bits per heavy atom. The van der Waals surface area contributed by atoms with Crippen molar-refractivity contribution in [3.05, 3.63) is 23.8 Å². The number of hydrogen-bond donors (Lipinski definition) is 1. The summed E-state index contributed by atoms with van der Waals surface area (Å²) in [5, 5.41) is 0. The topological polar surface area (TPSA) is 44.5 Å². The summed E-state index contributed by atoms with van der Waals surface area (Å²) < 4.78 is 46.5. The van der Waals surface area contributed by atoms with Crippen LogP contribution in [0.25, 0.3) is 0 Å². The Hall–Kier alpha value is -1.50. The lowest BCUT2D eigenvalue weighted by Crippen LogP contribution is -2.14. The number of ether oxygens (including phenoxy) is 2. The van der Waals surface area contributed by atoms with Crippen LogP contribution in [0.2, 0.25) is 0 Å². The third kappa shape index (κ3) is 5.34. The van der Waals surface area contributed by atoms with Crippen molar-refractivity contribution in [2.45, 2.75) is 19.5 Å². The molecule has 0 radical (unpaired) electrons. The van der Waals surface area contributed by atoms with Gasteiger partial charge in [-0.2, -0.15) is 13.2 Å². The highest BCUT2D eigenvalue weighted by atomic mass is 32.1. The van der Waals surface area contributed by atoms with Crippen LogP contribution in [0.3, 0.4) is 0 Å². The van der Waals surface area contributed by atoms with Crippen LogP contribution in [0, 0.1) is 0 Å². The Bertz CT molecular complexity index is 449. The fourth-order valence-electron chi connectivity index (χ4n) is 1.33. The van der Waals surface area contributed by atoms with E-state index in [9.17, 15) is 13.2 Å². The summed E-state index contributed by atoms with van der Waals surface area (Å²) in [6, 6.07) is 4.62. The van der Waals surface area contributed by atoms with E-state index in [1.807, 2.05) is 0 Å². The molecular weight excluding hydrogens is 279 g/mol. The molecule has 0 spiro atoms. The molecule has 0 aliphatic heterocycles. The number of alkyl halides is 3. The van der Waals surface area contributed by atoms with Crippen LogP contribution >= 0.6 is 12.2 Å². The van der Waals surface area contributed by atoms with E-state index in [2.05, 4.69) is 0 Å². The Labute approximate surface area is 114 Å². The van der Waals surface area contributed by atoms with Gasteiger partial charge in [-0.05, 0) is 25.1 Å². The molecule has 0 saturated carbocycles. The van der Waals surface area contributed by atoms with Gasteiger partial charge in [0, 0.05) is 5.56 Å². The van der Waals surface area contributed by atoms with Crippen molar-refractivity contribution in [1.82, 2.24) is 0 Å². The van der Waals surface area contributed by atoms with Crippen molar-refractivity contribution in [1.29, 1.82) is 0 Å². The van der Waals surface area contributed by atoms with Crippen molar-refractivity contribution in [3.63, 3.8) is 0 Å². The van der Waals surface area contributed by atoms with Crippen LogP contribution in [-0.4, -0.2) is 24.4 Å². The SMILES string of the molecule is CCOc1cc(C(N)=S)ccc1OCCC(F)(F)F. The highest BCUT2D eigenvalue weighted by Gasteiger charge is 2.27. The van der Waals surface area contributed by atoms with E-state index in [1.54, 1.807) is 19.1 Å². The monoisotopic (exact) mass is 293 g/mol. The van der Waals surface area contributed by atoms with Gasteiger partial charge in [0.05, 0.1) is 19.6 Å². The first-order valence-electron chi connectivity index (χ1n) is 5.59. The molecule has 1 aromatic rings. The molecule has 2 N–H and O–H groups in total. The Morgan fingerprint density at radius 3 is 2.47 bits per heavy atom. The molecule has 7 heteroatoms. The van der Waals surface area contributed by atoms with Gasteiger partial charge in [-0.25, -0.2) is 0 Å². The minimum atomic E-state index is -4.25. The Kier molecular flexibility index (Phi) is 5.41. The van der Waals surface area contributed by atoms with E-state index in [0.717, 1.165) is 0 Å². The van der Waals surface area contributed by atoms with Crippen LogP contribution in [0.5, 0.6) is 11.5 Å². The second kappa shape index (κ2) is 6.60. The Morgan fingerprint density at radius 1 is 1.26 bits per heavy atom. The van der Waals surface area contributed by atoms with Gasteiger partial charge in [-0.15, -0.1) is 0 Å². The minimum absolute atomic E-state index is 0.183. The predicted octanol–water partition coefficient (Wildman–Crippen LogP) is 3.05. The molecule has 0 heterocycles. The molecule has 0 aliphatic carbocycles. The molecule has 0 amide bonds. The fourth-order valence-corrected chi connectivity index (χ4v) is 1.45. The lowest BCUT2D eigenvalue weighted by atomic mass is 10.2. The number of rotatable bonds is 6. The van der Waals surface area contributed by atoms with E-state index in [-0.39, 0.29) is 10.7 Å². The summed E-state index contributed by atoms with van der Waals surface area (Å²) >= 11 is 4.82. The van der Waals surface area contributed by atoms with E-state index in [0.29, 0.717) is 17.9 Å².